The third kappa shape index (κ3) is 15.9. The number of rotatable bonds is 16. The zero-order valence-corrected chi connectivity index (χ0v) is 79.7. The second kappa shape index (κ2) is 36.7. The molecule has 0 aliphatic carbocycles. The molecule has 11 heteroatoms. The second-order valence-electron chi connectivity index (χ2n) is 36.8. The third-order valence-corrected chi connectivity index (χ3v) is 29.1. The van der Waals surface area contributed by atoms with Crippen molar-refractivity contribution in [1.29, 1.82) is 0 Å². The maximum atomic E-state index is 6.58. The van der Waals surface area contributed by atoms with Crippen LogP contribution in [0.2, 0.25) is 0 Å². The molecule has 0 fully saturated rings. The van der Waals surface area contributed by atoms with Crippen LogP contribution in [0.1, 0.15) is 0 Å². The highest BCUT2D eigenvalue weighted by Gasteiger charge is 2.26. The zero-order valence-electron chi connectivity index (χ0n) is 78.9. The van der Waals surface area contributed by atoms with Crippen molar-refractivity contribution < 1.29 is 17.7 Å². The van der Waals surface area contributed by atoms with Crippen LogP contribution >= 0.6 is 11.3 Å². The number of hydrogen-bond donors (Lipinski definition) is 0. The lowest BCUT2D eigenvalue weighted by atomic mass is 9.96. The van der Waals surface area contributed by atoms with Crippen molar-refractivity contribution in [3.63, 3.8) is 0 Å². The molecule has 686 valence electrons. The molecule has 0 aliphatic heterocycles. The SMILES string of the molecule is c1ccc(-c2ccc(N(c3ccccc3)c3ccc(-c4ccc5c(ccc6ccc7nc(-c8ccccc8)oc7c65)c4)cc3)cc2)cc1.c1ccc(-c2nc3ccc4ccc5ccc(-c6ccc(N(c7ccccc7)c7ccc8oc9ccccc9c8c7)cc6)cc5c4c3o2)cc1.c1ccc(-c2nc3ccc4ccc5ccc(N(c6ccc7c(c6)sc6ccccc67)c6ccccc6-c6ccccc6)cc5c4c3o2)cc1. The van der Waals surface area contributed by atoms with E-state index in [9.17, 15) is 0 Å². The molecule has 0 bridgehead atoms. The topological polar surface area (TPSA) is 101 Å². The molecular weight excluding hydrogens is 1800 g/mol. The predicted molar refractivity (Wildman–Crippen MR) is 609 cm³/mol. The Hall–Kier alpha value is -19.3. The summed E-state index contributed by atoms with van der Waals surface area (Å²) >= 11 is 1.84. The van der Waals surface area contributed by atoms with Crippen molar-refractivity contribution >= 4 is 203 Å². The fourth-order valence-corrected chi connectivity index (χ4v) is 22.1. The molecular formula is C135H86N6O4S. The van der Waals surface area contributed by atoms with Crippen molar-refractivity contribution in [1.82, 2.24) is 15.0 Å². The van der Waals surface area contributed by atoms with E-state index in [1.807, 2.05) is 127 Å². The fourth-order valence-electron chi connectivity index (χ4n) is 20.9. The van der Waals surface area contributed by atoms with Gasteiger partial charge in [-0.05, 0) is 275 Å². The lowest BCUT2D eigenvalue weighted by Crippen LogP contribution is -2.11. The van der Waals surface area contributed by atoms with Gasteiger partial charge in [0, 0.05) is 115 Å². The average molecular weight is 1890 g/mol. The number of nitrogens with zero attached hydrogens (tertiary/aromatic N) is 6. The van der Waals surface area contributed by atoms with Gasteiger partial charge in [-0.1, -0.05) is 334 Å². The molecule has 0 radical (unpaired) electrons. The summed E-state index contributed by atoms with van der Waals surface area (Å²) < 4.78 is 28.2. The van der Waals surface area contributed by atoms with Gasteiger partial charge < -0.3 is 32.4 Å². The Morgan fingerprint density at radius 3 is 1.05 bits per heavy atom. The number of fused-ring (bicyclic) bond motifs is 21. The first-order chi connectivity index (χ1) is 72.3. The van der Waals surface area contributed by atoms with Crippen LogP contribution in [0.15, 0.2) is 539 Å². The van der Waals surface area contributed by atoms with Crippen LogP contribution in [0.5, 0.6) is 0 Å². The molecule has 0 atom stereocenters. The van der Waals surface area contributed by atoms with Crippen LogP contribution in [0.4, 0.5) is 51.2 Å². The summed E-state index contributed by atoms with van der Waals surface area (Å²) in [5, 5.41) is 18.3. The first-order valence-corrected chi connectivity index (χ1v) is 49.9. The summed E-state index contributed by atoms with van der Waals surface area (Å²) in [5.41, 5.74) is 29.0. The smallest absolute Gasteiger partial charge is 0.227 e. The number of furan rings is 1. The normalized spacial score (nSPS) is 11.6. The summed E-state index contributed by atoms with van der Waals surface area (Å²) in [6, 6.07) is 184. The minimum Gasteiger partial charge on any atom is -0.456 e. The lowest BCUT2D eigenvalue weighted by Gasteiger charge is -2.28. The predicted octanol–water partition coefficient (Wildman–Crippen LogP) is 38.7. The van der Waals surface area contributed by atoms with Crippen LogP contribution in [0.25, 0.3) is 219 Å². The van der Waals surface area contributed by atoms with E-state index in [1.54, 1.807) is 0 Å². The van der Waals surface area contributed by atoms with Crippen LogP contribution < -0.4 is 14.7 Å². The van der Waals surface area contributed by atoms with Crippen LogP contribution in [0, 0.1) is 0 Å². The summed E-state index contributed by atoms with van der Waals surface area (Å²) in [6.45, 7) is 0. The summed E-state index contributed by atoms with van der Waals surface area (Å²) in [4.78, 5) is 21.6. The van der Waals surface area contributed by atoms with E-state index < -0.39 is 0 Å². The van der Waals surface area contributed by atoms with Gasteiger partial charge in [0.05, 0.1) is 5.69 Å². The first-order valence-electron chi connectivity index (χ1n) is 49.1. The van der Waals surface area contributed by atoms with E-state index in [-0.39, 0.29) is 0 Å². The standard InChI is InChI=1S/C45H28N2O2.C45H28N2OS.C45H30N2O/c1-3-9-32(10-4-1)45-46-40-25-21-31-17-15-30-16-18-33(27-38(30)43(31)44(40)49-45)29-19-22-35(23-20-29)47(34-11-5-2-6-12-34)36-24-26-42-39(28-36)37-13-7-8-14-41(37)48-42;1-3-11-29(12-4-1)35-15-7-9-17-40(35)47(34-24-25-37-36-16-8-10-18-41(36)49-42(37)28-34)33-23-21-30-19-20-31-22-26-39-44(43(31)38(30)27-33)48-45(46-39)32-13-5-2-6-14-32;1-4-10-31(11-5-1)32-18-24-39(25-19-32)47(38-14-8-3-9-15-38)40-26-20-33(21-27-40)36-22-28-41-37(30-36)17-16-34-23-29-42-44(43(34)41)48-45(46-42)35-12-6-2-7-13-35/h2*1-28H;1-30H. The number of thiophene rings is 1. The number of aromatic nitrogens is 3. The molecule has 29 aromatic rings. The molecule has 5 heterocycles. The highest BCUT2D eigenvalue weighted by molar-refractivity contribution is 7.25. The number of oxazole rings is 3. The van der Waals surface area contributed by atoms with Gasteiger partial charge in [0.15, 0.2) is 16.7 Å². The Morgan fingerprint density at radius 2 is 0.500 bits per heavy atom. The molecule has 24 aromatic carbocycles. The molecule has 0 spiro atoms. The van der Waals surface area contributed by atoms with Gasteiger partial charge in [0.1, 0.15) is 27.7 Å². The Morgan fingerprint density at radius 1 is 0.171 bits per heavy atom. The third-order valence-electron chi connectivity index (χ3n) is 28.0. The quantitative estimate of drug-likeness (QED) is 0.0870. The summed E-state index contributed by atoms with van der Waals surface area (Å²) in [6.07, 6.45) is 0. The van der Waals surface area contributed by atoms with E-state index in [4.69, 9.17) is 32.6 Å². The number of hydrogen-bond acceptors (Lipinski definition) is 11. The van der Waals surface area contributed by atoms with Gasteiger partial charge in [-0.2, -0.15) is 0 Å². The second-order valence-corrected chi connectivity index (χ2v) is 37.9. The van der Waals surface area contributed by atoms with E-state index >= 15 is 0 Å². The van der Waals surface area contributed by atoms with Gasteiger partial charge in [0.25, 0.3) is 0 Å². The van der Waals surface area contributed by atoms with Crippen molar-refractivity contribution in [3.05, 3.63) is 522 Å². The Labute approximate surface area is 844 Å². The molecule has 0 N–H and O–H groups in total. The Bertz CT molecular complexity index is 10000. The Balaban J connectivity index is 0.000000109. The monoisotopic (exact) mass is 1890 g/mol. The van der Waals surface area contributed by atoms with E-state index in [1.165, 1.54) is 53.4 Å². The maximum absolute atomic E-state index is 6.58. The van der Waals surface area contributed by atoms with E-state index in [0.717, 1.165) is 199 Å². The maximum Gasteiger partial charge on any atom is 0.227 e. The fraction of sp³-hybridized carbons (Fsp3) is 0. The molecule has 29 rings (SSSR count). The van der Waals surface area contributed by atoms with Crippen LogP contribution in [-0.2, 0) is 0 Å². The molecule has 5 aromatic heterocycles. The zero-order chi connectivity index (χ0) is 96.5. The van der Waals surface area contributed by atoms with Crippen molar-refractivity contribution in [2.45, 2.75) is 0 Å². The number of para-hydroxylation sites is 4. The van der Waals surface area contributed by atoms with Crippen LogP contribution in [-0.4, -0.2) is 15.0 Å². The summed E-state index contributed by atoms with van der Waals surface area (Å²) in [5.74, 6) is 1.91. The minimum absolute atomic E-state index is 0.631. The van der Waals surface area contributed by atoms with Crippen molar-refractivity contribution in [3.8, 4) is 78.9 Å². The molecule has 146 heavy (non-hydrogen) atoms. The van der Waals surface area contributed by atoms with Gasteiger partial charge in [-0.25, -0.2) is 15.0 Å². The van der Waals surface area contributed by atoms with Crippen LogP contribution in [0.3, 0.4) is 0 Å². The molecule has 0 amide bonds. The lowest BCUT2D eigenvalue weighted by molar-refractivity contribution is 0.623. The van der Waals surface area contributed by atoms with Crippen molar-refractivity contribution in [2.24, 2.45) is 0 Å². The van der Waals surface area contributed by atoms with Gasteiger partial charge in [-0.3, -0.25) is 0 Å². The summed E-state index contributed by atoms with van der Waals surface area (Å²) in [7, 11) is 0. The first kappa shape index (κ1) is 85.8. The molecule has 0 aliphatic rings. The Kier molecular flexibility index (Phi) is 21.6. The highest BCUT2D eigenvalue weighted by Crippen LogP contribution is 2.50. The van der Waals surface area contributed by atoms with E-state index in [0.29, 0.717) is 17.7 Å². The average Bonchev–Trinajstić information content (AvgIpc) is 1.54. The minimum atomic E-state index is 0.631. The number of benzene rings is 24. The van der Waals surface area contributed by atoms with Gasteiger partial charge in [-0.15, -0.1) is 11.3 Å². The van der Waals surface area contributed by atoms with Crippen molar-refractivity contribution in [2.75, 3.05) is 14.7 Å². The molecule has 0 saturated carbocycles. The van der Waals surface area contributed by atoms with Gasteiger partial charge >= 0.3 is 0 Å². The molecule has 10 nitrogen and oxygen atoms in total. The van der Waals surface area contributed by atoms with E-state index in [2.05, 4.69) is 421 Å². The molecule has 0 saturated heterocycles. The molecule has 0 unspecified atom stereocenters. The number of anilines is 9. The largest absolute Gasteiger partial charge is 0.456 e. The highest BCUT2D eigenvalue weighted by atomic mass is 32.1. The van der Waals surface area contributed by atoms with Gasteiger partial charge in [0.2, 0.25) is 17.7 Å².